The normalized spacial score (nSPS) is 9.95. The Balaban J connectivity index is 2.27. The molecule has 0 radical (unpaired) electrons. The smallest absolute Gasteiger partial charge is 0.343 e. The SMILES string of the molecule is O=C(Oc1ccccc1C(=O)O)c1cccc(Cl)c1. The van der Waals surface area contributed by atoms with Crippen LogP contribution in [0.1, 0.15) is 20.7 Å². The molecule has 0 aromatic heterocycles. The average Bonchev–Trinajstić information content (AvgIpc) is 2.39. The molecule has 0 amide bonds. The molecule has 4 nitrogen and oxygen atoms in total. The molecule has 0 atom stereocenters. The fraction of sp³-hybridized carbons (Fsp3) is 0. The number of carbonyl (C=O) groups is 2. The van der Waals surface area contributed by atoms with E-state index >= 15 is 0 Å². The zero-order chi connectivity index (χ0) is 13.8. The van der Waals surface area contributed by atoms with E-state index in [1.165, 1.54) is 24.3 Å². The number of ether oxygens (including phenoxy) is 1. The maximum absolute atomic E-state index is 11.9. The minimum atomic E-state index is -1.16. The van der Waals surface area contributed by atoms with Crippen LogP contribution in [0.3, 0.4) is 0 Å². The summed E-state index contributed by atoms with van der Waals surface area (Å²) in [5.41, 5.74) is 0.186. The summed E-state index contributed by atoms with van der Waals surface area (Å²) in [4.78, 5) is 22.8. The van der Waals surface area contributed by atoms with Crippen molar-refractivity contribution in [1.29, 1.82) is 0 Å². The fourth-order valence-electron chi connectivity index (χ4n) is 1.51. The van der Waals surface area contributed by atoms with Crippen LogP contribution in [0.5, 0.6) is 5.75 Å². The van der Waals surface area contributed by atoms with E-state index in [1.807, 2.05) is 0 Å². The van der Waals surface area contributed by atoms with Crippen LogP contribution < -0.4 is 4.74 Å². The Bertz CT molecular complexity index is 637. The van der Waals surface area contributed by atoms with Crippen molar-refractivity contribution in [2.24, 2.45) is 0 Å². The third-order valence-electron chi connectivity index (χ3n) is 2.38. The van der Waals surface area contributed by atoms with Crippen LogP contribution in [0.25, 0.3) is 0 Å². The molecule has 96 valence electrons. The Morgan fingerprint density at radius 3 is 2.47 bits per heavy atom. The molecular weight excluding hydrogens is 268 g/mol. The van der Waals surface area contributed by atoms with Crippen LogP contribution in [-0.2, 0) is 0 Å². The summed E-state index contributed by atoms with van der Waals surface area (Å²) in [5, 5.41) is 9.38. The molecule has 0 spiro atoms. The van der Waals surface area contributed by atoms with Gasteiger partial charge < -0.3 is 9.84 Å². The summed E-state index contributed by atoms with van der Waals surface area (Å²) in [5.74, 6) is -1.81. The first-order valence-electron chi connectivity index (χ1n) is 5.38. The number of halogens is 1. The van der Waals surface area contributed by atoms with Gasteiger partial charge in [0.15, 0.2) is 0 Å². The third kappa shape index (κ3) is 3.11. The largest absolute Gasteiger partial charge is 0.478 e. The summed E-state index contributed by atoms with van der Waals surface area (Å²) >= 11 is 5.77. The van der Waals surface area contributed by atoms with Gasteiger partial charge in [0.05, 0.1) is 5.56 Å². The van der Waals surface area contributed by atoms with Gasteiger partial charge in [0.1, 0.15) is 11.3 Å². The van der Waals surface area contributed by atoms with Crippen molar-refractivity contribution in [3.63, 3.8) is 0 Å². The lowest BCUT2D eigenvalue weighted by atomic mass is 10.2. The molecule has 0 unspecified atom stereocenters. The van der Waals surface area contributed by atoms with Crippen LogP contribution in [0, 0.1) is 0 Å². The maximum atomic E-state index is 11.9. The number of para-hydroxylation sites is 1. The Morgan fingerprint density at radius 2 is 1.79 bits per heavy atom. The van der Waals surface area contributed by atoms with E-state index in [2.05, 4.69) is 0 Å². The highest BCUT2D eigenvalue weighted by Gasteiger charge is 2.15. The van der Waals surface area contributed by atoms with Crippen LogP contribution >= 0.6 is 11.6 Å². The average molecular weight is 277 g/mol. The number of hydrogen-bond donors (Lipinski definition) is 1. The molecule has 0 heterocycles. The number of benzene rings is 2. The van der Waals surface area contributed by atoms with Gasteiger partial charge in [-0.15, -0.1) is 0 Å². The van der Waals surface area contributed by atoms with Crippen molar-refractivity contribution in [3.05, 3.63) is 64.7 Å². The van der Waals surface area contributed by atoms with Gasteiger partial charge in [0.2, 0.25) is 0 Å². The van der Waals surface area contributed by atoms with Gasteiger partial charge in [0, 0.05) is 5.02 Å². The topological polar surface area (TPSA) is 63.6 Å². The minimum absolute atomic E-state index is 0.0000227. The Kier molecular flexibility index (Phi) is 3.82. The summed E-state index contributed by atoms with van der Waals surface area (Å²) in [6.07, 6.45) is 0. The molecule has 0 fully saturated rings. The molecule has 2 aromatic rings. The first-order chi connectivity index (χ1) is 9.08. The van der Waals surface area contributed by atoms with Gasteiger partial charge in [-0.3, -0.25) is 0 Å². The highest BCUT2D eigenvalue weighted by molar-refractivity contribution is 6.30. The lowest BCUT2D eigenvalue weighted by molar-refractivity contribution is 0.0681. The van der Waals surface area contributed by atoms with Crippen LogP contribution in [0.15, 0.2) is 48.5 Å². The van der Waals surface area contributed by atoms with E-state index in [1.54, 1.807) is 24.3 Å². The fourth-order valence-corrected chi connectivity index (χ4v) is 1.70. The van der Waals surface area contributed by atoms with Crippen molar-refractivity contribution < 1.29 is 19.4 Å². The molecule has 0 saturated heterocycles. The standard InChI is InChI=1S/C14H9ClO4/c15-10-5-3-4-9(8-10)14(18)19-12-7-2-1-6-11(12)13(16)17/h1-8H,(H,16,17). The van der Waals surface area contributed by atoms with Crippen molar-refractivity contribution in [1.82, 2.24) is 0 Å². The van der Waals surface area contributed by atoms with E-state index in [0.29, 0.717) is 5.02 Å². The Hall–Kier alpha value is -2.33. The van der Waals surface area contributed by atoms with Crippen molar-refractivity contribution >= 4 is 23.5 Å². The third-order valence-corrected chi connectivity index (χ3v) is 2.62. The second-order valence-corrected chi connectivity index (χ2v) is 4.14. The molecule has 2 aromatic carbocycles. The van der Waals surface area contributed by atoms with Crippen molar-refractivity contribution in [3.8, 4) is 5.75 Å². The van der Waals surface area contributed by atoms with Gasteiger partial charge >= 0.3 is 11.9 Å². The number of carboxylic acid groups (broad SMARTS) is 1. The van der Waals surface area contributed by atoms with E-state index in [9.17, 15) is 9.59 Å². The summed E-state index contributed by atoms with van der Waals surface area (Å²) in [6.45, 7) is 0. The predicted molar refractivity (Wildman–Crippen MR) is 69.8 cm³/mol. The minimum Gasteiger partial charge on any atom is -0.478 e. The zero-order valence-electron chi connectivity index (χ0n) is 9.67. The Labute approximate surface area is 114 Å². The van der Waals surface area contributed by atoms with Gasteiger partial charge in [-0.2, -0.15) is 0 Å². The molecule has 1 N–H and O–H groups in total. The van der Waals surface area contributed by atoms with E-state index < -0.39 is 11.9 Å². The van der Waals surface area contributed by atoms with Crippen LogP contribution in [0.2, 0.25) is 5.02 Å². The number of carbonyl (C=O) groups excluding carboxylic acids is 1. The monoisotopic (exact) mass is 276 g/mol. The van der Waals surface area contributed by atoms with E-state index in [-0.39, 0.29) is 16.9 Å². The zero-order valence-corrected chi connectivity index (χ0v) is 10.4. The van der Waals surface area contributed by atoms with Gasteiger partial charge in [-0.1, -0.05) is 29.8 Å². The maximum Gasteiger partial charge on any atom is 0.343 e. The van der Waals surface area contributed by atoms with E-state index in [0.717, 1.165) is 0 Å². The molecule has 0 aliphatic heterocycles. The van der Waals surface area contributed by atoms with Crippen molar-refractivity contribution in [2.75, 3.05) is 0 Å². The molecule has 0 aliphatic rings. The summed E-state index contributed by atoms with van der Waals surface area (Å²) in [6, 6.07) is 12.2. The van der Waals surface area contributed by atoms with Gasteiger partial charge in [-0.05, 0) is 30.3 Å². The first-order valence-corrected chi connectivity index (χ1v) is 5.76. The second-order valence-electron chi connectivity index (χ2n) is 3.70. The van der Waals surface area contributed by atoms with Gasteiger partial charge in [-0.25, -0.2) is 9.59 Å². The lowest BCUT2D eigenvalue weighted by Gasteiger charge is -2.07. The summed E-state index contributed by atoms with van der Waals surface area (Å²) < 4.78 is 5.07. The van der Waals surface area contributed by atoms with E-state index in [4.69, 9.17) is 21.4 Å². The number of esters is 1. The molecule has 0 bridgehead atoms. The van der Waals surface area contributed by atoms with Crippen molar-refractivity contribution in [2.45, 2.75) is 0 Å². The number of carboxylic acids is 1. The highest BCUT2D eigenvalue weighted by Crippen LogP contribution is 2.20. The Morgan fingerprint density at radius 1 is 1.05 bits per heavy atom. The quantitative estimate of drug-likeness (QED) is 0.690. The highest BCUT2D eigenvalue weighted by atomic mass is 35.5. The number of rotatable bonds is 3. The van der Waals surface area contributed by atoms with Gasteiger partial charge in [0.25, 0.3) is 0 Å². The van der Waals surface area contributed by atoms with Crippen LogP contribution in [-0.4, -0.2) is 17.0 Å². The summed E-state index contributed by atoms with van der Waals surface area (Å²) in [7, 11) is 0. The second kappa shape index (κ2) is 5.54. The molecule has 0 aliphatic carbocycles. The van der Waals surface area contributed by atoms with Crippen LogP contribution in [0.4, 0.5) is 0 Å². The molecule has 2 rings (SSSR count). The molecular formula is C14H9ClO4. The predicted octanol–water partition coefficient (Wildman–Crippen LogP) is 3.26. The number of aromatic carboxylic acids is 1. The molecule has 5 heteroatoms. The molecule has 19 heavy (non-hydrogen) atoms. The molecule has 0 saturated carbocycles. The number of hydrogen-bond acceptors (Lipinski definition) is 3. The lowest BCUT2D eigenvalue weighted by Crippen LogP contribution is -2.11. The first kappa shape index (κ1) is 13.1.